The van der Waals surface area contributed by atoms with Crippen LogP contribution in [0.4, 0.5) is 28.9 Å². The van der Waals surface area contributed by atoms with Gasteiger partial charge in [-0.3, -0.25) is 14.5 Å². The highest BCUT2D eigenvalue weighted by atomic mass is 19.4. The Morgan fingerprint density at radius 3 is 2.16 bits per heavy atom. The lowest BCUT2D eigenvalue weighted by Crippen LogP contribution is -2.49. The molecule has 0 aliphatic carbocycles. The highest BCUT2D eigenvalue weighted by Gasteiger charge is 2.30. The predicted molar refractivity (Wildman–Crippen MR) is 108 cm³/mol. The molecule has 2 aromatic carbocycles. The first-order valence-corrected chi connectivity index (χ1v) is 9.72. The van der Waals surface area contributed by atoms with Crippen LogP contribution in [0.5, 0.6) is 0 Å². The van der Waals surface area contributed by atoms with Crippen molar-refractivity contribution >= 4 is 23.2 Å². The fourth-order valence-corrected chi connectivity index (χ4v) is 3.26. The van der Waals surface area contributed by atoms with E-state index in [9.17, 15) is 27.2 Å². The Morgan fingerprint density at radius 2 is 1.55 bits per heavy atom. The molecule has 0 radical (unpaired) electrons. The summed E-state index contributed by atoms with van der Waals surface area (Å²) in [5.74, 6) is -2.09. The first kappa shape index (κ1) is 22.5. The average molecular weight is 438 g/mol. The van der Waals surface area contributed by atoms with Crippen LogP contribution < -0.4 is 15.5 Å². The zero-order valence-corrected chi connectivity index (χ0v) is 16.6. The van der Waals surface area contributed by atoms with E-state index < -0.39 is 23.6 Å². The third-order valence-corrected chi connectivity index (χ3v) is 4.96. The van der Waals surface area contributed by atoms with Gasteiger partial charge < -0.3 is 15.5 Å². The fraction of sp³-hybridized carbons (Fsp3) is 0.333. The van der Waals surface area contributed by atoms with Crippen molar-refractivity contribution in [3.05, 3.63) is 59.9 Å². The molecule has 31 heavy (non-hydrogen) atoms. The van der Waals surface area contributed by atoms with Gasteiger partial charge in [0.2, 0.25) is 0 Å². The van der Waals surface area contributed by atoms with E-state index in [2.05, 4.69) is 15.5 Å². The van der Waals surface area contributed by atoms with E-state index in [4.69, 9.17) is 0 Å². The Morgan fingerprint density at radius 1 is 0.903 bits per heavy atom. The molecule has 0 unspecified atom stereocenters. The van der Waals surface area contributed by atoms with Gasteiger partial charge in [0.25, 0.3) is 0 Å². The van der Waals surface area contributed by atoms with Gasteiger partial charge in [-0.25, -0.2) is 4.39 Å². The van der Waals surface area contributed by atoms with Gasteiger partial charge in [0, 0.05) is 45.0 Å². The number of carbonyl (C=O) groups is 2. The van der Waals surface area contributed by atoms with Gasteiger partial charge in [0.05, 0.1) is 11.3 Å². The van der Waals surface area contributed by atoms with Gasteiger partial charge in [-0.1, -0.05) is 12.1 Å². The lowest BCUT2D eigenvalue weighted by atomic mass is 10.2. The van der Waals surface area contributed by atoms with Crippen LogP contribution in [0.2, 0.25) is 0 Å². The fourth-order valence-electron chi connectivity index (χ4n) is 3.26. The number of halogens is 4. The molecular formula is C21H22F4N4O2. The van der Waals surface area contributed by atoms with E-state index in [-0.39, 0.29) is 18.0 Å². The lowest BCUT2D eigenvalue weighted by molar-refractivity contribution is -0.137. The smallest absolute Gasteiger partial charge is 0.367 e. The van der Waals surface area contributed by atoms with Crippen LogP contribution in [-0.4, -0.2) is 56.0 Å². The molecule has 0 saturated carbocycles. The number of carbonyl (C=O) groups excluding carboxylic acids is 2. The van der Waals surface area contributed by atoms with E-state index >= 15 is 0 Å². The Kier molecular flexibility index (Phi) is 7.11. The quantitative estimate of drug-likeness (QED) is 0.557. The van der Waals surface area contributed by atoms with Crippen molar-refractivity contribution < 1.29 is 27.2 Å². The zero-order chi connectivity index (χ0) is 22.4. The monoisotopic (exact) mass is 438 g/mol. The normalized spacial score (nSPS) is 14.9. The van der Waals surface area contributed by atoms with E-state index in [0.29, 0.717) is 38.4 Å². The number of nitrogens with zero attached hydrogens (tertiary/aromatic N) is 2. The summed E-state index contributed by atoms with van der Waals surface area (Å²) >= 11 is 0. The van der Waals surface area contributed by atoms with E-state index in [1.54, 1.807) is 18.2 Å². The lowest BCUT2D eigenvalue weighted by Gasteiger charge is -2.36. The molecule has 2 N–H and O–H groups in total. The summed E-state index contributed by atoms with van der Waals surface area (Å²) in [4.78, 5) is 27.9. The number of hydrogen-bond donors (Lipinski definition) is 2. The summed E-state index contributed by atoms with van der Waals surface area (Å²) in [6.07, 6.45) is -4.47. The van der Waals surface area contributed by atoms with Crippen LogP contribution in [0.1, 0.15) is 5.56 Å². The predicted octanol–water partition coefficient (Wildman–Crippen LogP) is 2.72. The van der Waals surface area contributed by atoms with Crippen molar-refractivity contribution in [1.82, 2.24) is 10.2 Å². The summed E-state index contributed by atoms with van der Waals surface area (Å²) in [7, 11) is 0. The molecule has 1 heterocycles. The molecule has 166 valence electrons. The maximum Gasteiger partial charge on any atom is 0.416 e. The van der Waals surface area contributed by atoms with Crippen molar-refractivity contribution in [2.75, 3.05) is 49.5 Å². The Bertz CT molecular complexity index is 910. The minimum atomic E-state index is -4.47. The maximum absolute atomic E-state index is 13.9. The summed E-state index contributed by atoms with van der Waals surface area (Å²) in [6.45, 7) is 3.40. The van der Waals surface area contributed by atoms with Gasteiger partial charge in [0.1, 0.15) is 5.82 Å². The molecule has 0 aromatic heterocycles. The van der Waals surface area contributed by atoms with Gasteiger partial charge in [-0.15, -0.1) is 0 Å². The molecule has 2 amide bonds. The van der Waals surface area contributed by atoms with Crippen molar-refractivity contribution in [2.24, 2.45) is 0 Å². The van der Waals surface area contributed by atoms with Gasteiger partial charge in [0.15, 0.2) is 0 Å². The zero-order valence-electron chi connectivity index (χ0n) is 16.6. The molecule has 1 aliphatic rings. The van der Waals surface area contributed by atoms with Crippen LogP contribution in [0.15, 0.2) is 48.5 Å². The highest BCUT2D eigenvalue weighted by Crippen LogP contribution is 2.29. The SMILES string of the molecule is O=C(NCCN1CCN(c2ccccc2F)CC1)C(=O)Nc1ccc(C(F)(F)F)cc1. The topological polar surface area (TPSA) is 64.7 Å². The Labute approximate surface area is 176 Å². The van der Waals surface area contributed by atoms with Gasteiger partial charge >= 0.3 is 18.0 Å². The maximum atomic E-state index is 13.9. The molecule has 1 saturated heterocycles. The minimum absolute atomic E-state index is 0.0948. The number of hydrogen-bond acceptors (Lipinski definition) is 4. The van der Waals surface area contributed by atoms with E-state index in [1.165, 1.54) is 6.07 Å². The number of rotatable bonds is 5. The number of anilines is 2. The first-order chi connectivity index (χ1) is 14.7. The van der Waals surface area contributed by atoms with Crippen molar-refractivity contribution in [1.29, 1.82) is 0 Å². The van der Waals surface area contributed by atoms with Gasteiger partial charge in [-0.2, -0.15) is 13.2 Å². The van der Waals surface area contributed by atoms with E-state index in [0.717, 1.165) is 24.3 Å². The molecule has 6 nitrogen and oxygen atoms in total. The molecular weight excluding hydrogens is 416 g/mol. The van der Waals surface area contributed by atoms with Crippen LogP contribution in [0.3, 0.4) is 0 Å². The van der Waals surface area contributed by atoms with Crippen molar-refractivity contribution in [2.45, 2.75) is 6.18 Å². The Hall–Kier alpha value is -3.14. The summed E-state index contributed by atoms with van der Waals surface area (Å²) in [6, 6.07) is 10.4. The molecule has 0 atom stereocenters. The van der Waals surface area contributed by atoms with Crippen LogP contribution in [0.25, 0.3) is 0 Å². The highest BCUT2D eigenvalue weighted by molar-refractivity contribution is 6.39. The first-order valence-electron chi connectivity index (χ1n) is 9.72. The number of amides is 2. The summed E-state index contributed by atoms with van der Waals surface area (Å²) in [5, 5.41) is 4.76. The Balaban J connectivity index is 1.38. The van der Waals surface area contributed by atoms with Crippen molar-refractivity contribution in [3.8, 4) is 0 Å². The third-order valence-electron chi connectivity index (χ3n) is 4.96. The molecule has 1 fully saturated rings. The molecule has 3 rings (SSSR count). The van der Waals surface area contributed by atoms with E-state index in [1.807, 2.05) is 4.90 Å². The minimum Gasteiger partial charge on any atom is -0.367 e. The molecule has 2 aromatic rings. The molecule has 10 heteroatoms. The standard InChI is InChI=1S/C21H22F4N4O2/c22-17-3-1-2-4-18(17)29-13-11-28(12-14-29)10-9-26-19(30)20(31)27-16-7-5-15(6-8-16)21(23,24)25/h1-8H,9-14H2,(H,26,30)(H,27,31). The number of para-hydroxylation sites is 1. The largest absolute Gasteiger partial charge is 0.416 e. The molecule has 0 bridgehead atoms. The summed E-state index contributed by atoms with van der Waals surface area (Å²) in [5.41, 5.74) is -0.183. The third kappa shape index (κ3) is 6.17. The average Bonchev–Trinajstić information content (AvgIpc) is 2.74. The molecule has 1 aliphatic heterocycles. The van der Waals surface area contributed by atoms with Crippen LogP contribution in [0, 0.1) is 5.82 Å². The van der Waals surface area contributed by atoms with Crippen molar-refractivity contribution in [3.63, 3.8) is 0 Å². The molecule has 0 spiro atoms. The second kappa shape index (κ2) is 9.78. The van der Waals surface area contributed by atoms with Crippen LogP contribution in [-0.2, 0) is 15.8 Å². The summed E-state index contributed by atoms with van der Waals surface area (Å²) < 4.78 is 51.5. The number of benzene rings is 2. The number of alkyl halides is 3. The number of nitrogens with one attached hydrogen (secondary N) is 2. The van der Waals surface area contributed by atoms with Crippen LogP contribution >= 0.6 is 0 Å². The second-order valence-corrected chi connectivity index (χ2v) is 7.07. The van der Waals surface area contributed by atoms with Gasteiger partial charge in [-0.05, 0) is 36.4 Å². The second-order valence-electron chi connectivity index (χ2n) is 7.07. The number of piperazine rings is 1.